The molecule has 0 bridgehead atoms. The number of nitrogens with zero attached hydrogens (tertiary/aromatic N) is 1. The van der Waals surface area contributed by atoms with Crippen LogP contribution in [0.2, 0.25) is 0 Å². The first-order valence-corrected chi connectivity index (χ1v) is 6.65. The lowest BCUT2D eigenvalue weighted by atomic mass is 9.99. The zero-order valence-electron chi connectivity index (χ0n) is 8.66. The number of sulfone groups is 1. The van der Waals surface area contributed by atoms with Crippen LogP contribution in [0, 0.1) is 0 Å². The molecule has 1 aliphatic heterocycles. The molecule has 0 spiro atoms. The van der Waals surface area contributed by atoms with E-state index in [2.05, 4.69) is 10.2 Å². The Bertz CT molecular complexity index is 465. The molecule has 1 unspecified atom stereocenters. The van der Waals surface area contributed by atoms with Gasteiger partial charge in [0.05, 0.1) is 11.4 Å². The van der Waals surface area contributed by atoms with E-state index in [4.69, 9.17) is 5.73 Å². The van der Waals surface area contributed by atoms with Crippen molar-refractivity contribution in [3.05, 3.63) is 11.8 Å². The standard InChI is InChI=1S/C9H15N3O2S/c1-9(7-6-8(10)12-11-7)4-2-3-5-15(9,13)14/h6H,2-5H2,1H3,(H3,10,11,12). The van der Waals surface area contributed by atoms with Gasteiger partial charge in [0, 0.05) is 6.07 Å². The van der Waals surface area contributed by atoms with Gasteiger partial charge in [-0.1, -0.05) is 6.42 Å². The van der Waals surface area contributed by atoms with E-state index < -0.39 is 14.6 Å². The third kappa shape index (κ3) is 1.52. The second kappa shape index (κ2) is 3.23. The van der Waals surface area contributed by atoms with Gasteiger partial charge in [0.15, 0.2) is 9.84 Å². The maximum absolute atomic E-state index is 12.0. The molecule has 1 atom stereocenters. The maximum Gasteiger partial charge on any atom is 0.161 e. The second-order valence-corrected chi connectivity index (χ2v) is 6.75. The Labute approximate surface area is 89.0 Å². The quantitative estimate of drug-likeness (QED) is 0.745. The summed E-state index contributed by atoms with van der Waals surface area (Å²) in [5, 5.41) is 6.51. The summed E-state index contributed by atoms with van der Waals surface area (Å²) in [5.74, 6) is 0.592. The summed E-state index contributed by atoms with van der Waals surface area (Å²) in [6.45, 7) is 1.74. The van der Waals surface area contributed by atoms with E-state index in [1.807, 2.05) is 0 Å². The van der Waals surface area contributed by atoms with Gasteiger partial charge in [-0.25, -0.2) is 8.42 Å². The molecule has 2 rings (SSSR count). The van der Waals surface area contributed by atoms with E-state index in [1.165, 1.54) is 0 Å². The molecule has 0 aliphatic carbocycles. The molecule has 1 aromatic rings. The average molecular weight is 229 g/mol. The first-order valence-electron chi connectivity index (χ1n) is 4.99. The van der Waals surface area contributed by atoms with Crippen molar-refractivity contribution in [1.82, 2.24) is 10.2 Å². The Kier molecular flexibility index (Phi) is 2.26. The van der Waals surface area contributed by atoms with Crippen molar-refractivity contribution in [2.75, 3.05) is 11.5 Å². The van der Waals surface area contributed by atoms with Crippen LogP contribution in [0.25, 0.3) is 0 Å². The van der Waals surface area contributed by atoms with Crippen LogP contribution in [0.15, 0.2) is 6.07 Å². The Morgan fingerprint density at radius 1 is 1.53 bits per heavy atom. The molecule has 15 heavy (non-hydrogen) atoms. The molecule has 1 saturated heterocycles. The monoisotopic (exact) mass is 229 g/mol. The predicted octanol–water partition coefficient (Wildman–Crippen LogP) is 0.806. The highest BCUT2D eigenvalue weighted by atomic mass is 32.2. The fourth-order valence-corrected chi connectivity index (χ4v) is 3.98. The number of aromatic amines is 1. The number of H-pyrrole nitrogens is 1. The smallest absolute Gasteiger partial charge is 0.161 e. The van der Waals surface area contributed by atoms with Crippen LogP contribution in [-0.4, -0.2) is 24.4 Å². The Morgan fingerprint density at radius 2 is 2.27 bits per heavy atom. The summed E-state index contributed by atoms with van der Waals surface area (Å²) in [6, 6.07) is 1.61. The van der Waals surface area contributed by atoms with Crippen molar-refractivity contribution in [3.63, 3.8) is 0 Å². The van der Waals surface area contributed by atoms with E-state index in [9.17, 15) is 8.42 Å². The summed E-state index contributed by atoms with van der Waals surface area (Å²) in [7, 11) is -3.09. The number of anilines is 1. The van der Waals surface area contributed by atoms with Crippen LogP contribution < -0.4 is 5.73 Å². The van der Waals surface area contributed by atoms with Crippen LogP contribution in [0.1, 0.15) is 31.9 Å². The minimum Gasteiger partial charge on any atom is -0.382 e. The van der Waals surface area contributed by atoms with Crippen molar-refractivity contribution in [1.29, 1.82) is 0 Å². The highest BCUT2D eigenvalue weighted by Gasteiger charge is 2.43. The van der Waals surface area contributed by atoms with Gasteiger partial charge < -0.3 is 5.73 Å². The number of nitrogen functional groups attached to an aromatic ring is 1. The average Bonchev–Trinajstić information content (AvgIpc) is 2.58. The summed E-state index contributed by atoms with van der Waals surface area (Å²) >= 11 is 0. The van der Waals surface area contributed by atoms with Crippen LogP contribution in [0.3, 0.4) is 0 Å². The number of aromatic nitrogens is 2. The molecule has 0 aromatic carbocycles. The van der Waals surface area contributed by atoms with Gasteiger partial charge in [0.1, 0.15) is 10.6 Å². The molecular formula is C9H15N3O2S. The fourth-order valence-electron chi connectivity index (χ4n) is 2.05. The Hall–Kier alpha value is -1.04. The number of nitrogens with one attached hydrogen (secondary N) is 1. The van der Waals surface area contributed by atoms with Crippen molar-refractivity contribution in [3.8, 4) is 0 Å². The molecule has 0 amide bonds. The van der Waals surface area contributed by atoms with Gasteiger partial charge in [0.25, 0.3) is 0 Å². The predicted molar refractivity (Wildman–Crippen MR) is 58.0 cm³/mol. The minimum absolute atomic E-state index is 0.252. The highest BCUT2D eigenvalue weighted by Crippen LogP contribution is 2.39. The highest BCUT2D eigenvalue weighted by molar-refractivity contribution is 7.92. The zero-order chi connectivity index (χ0) is 11.1. The normalized spacial score (nSPS) is 30.2. The summed E-state index contributed by atoms with van der Waals surface area (Å²) in [5.41, 5.74) is 6.11. The van der Waals surface area contributed by atoms with Crippen molar-refractivity contribution < 1.29 is 8.42 Å². The molecule has 3 N–H and O–H groups in total. The molecule has 84 valence electrons. The second-order valence-electron chi connectivity index (χ2n) is 4.21. The van der Waals surface area contributed by atoms with Gasteiger partial charge >= 0.3 is 0 Å². The lowest BCUT2D eigenvalue weighted by Crippen LogP contribution is -2.38. The first kappa shape index (κ1) is 10.5. The first-order chi connectivity index (χ1) is 6.96. The van der Waals surface area contributed by atoms with Crippen molar-refractivity contribution >= 4 is 15.7 Å². The molecule has 0 radical (unpaired) electrons. The van der Waals surface area contributed by atoms with Crippen LogP contribution in [0.5, 0.6) is 0 Å². The molecule has 6 heteroatoms. The van der Waals surface area contributed by atoms with E-state index in [-0.39, 0.29) is 5.75 Å². The fraction of sp³-hybridized carbons (Fsp3) is 0.667. The zero-order valence-corrected chi connectivity index (χ0v) is 9.47. The number of hydrogen-bond donors (Lipinski definition) is 2. The van der Waals surface area contributed by atoms with Gasteiger partial charge in [0.2, 0.25) is 0 Å². The molecule has 5 nitrogen and oxygen atoms in total. The molecular weight excluding hydrogens is 214 g/mol. The third-order valence-electron chi connectivity index (χ3n) is 3.17. The molecule has 2 heterocycles. The van der Waals surface area contributed by atoms with E-state index in [0.29, 0.717) is 17.9 Å². The number of rotatable bonds is 1. The SMILES string of the molecule is CC1(c2cc(N)n[nH]2)CCCCS1(=O)=O. The summed E-state index contributed by atoms with van der Waals surface area (Å²) in [6.07, 6.45) is 2.31. The lowest BCUT2D eigenvalue weighted by Gasteiger charge is -2.31. The molecule has 1 aliphatic rings. The topological polar surface area (TPSA) is 88.8 Å². The third-order valence-corrected chi connectivity index (χ3v) is 5.79. The van der Waals surface area contributed by atoms with Crippen molar-refractivity contribution in [2.45, 2.75) is 30.9 Å². The Morgan fingerprint density at radius 3 is 2.80 bits per heavy atom. The minimum atomic E-state index is -3.09. The molecule has 1 fully saturated rings. The van der Waals surface area contributed by atoms with Crippen LogP contribution in [-0.2, 0) is 14.6 Å². The summed E-state index contributed by atoms with van der Waals surface area (Å²) < 4.78 is 23.2. The summed E-state index contributed by atoms with van der Waals surface area (Å²) in [4.78, 5) is 0. The van der Waals surface area contributed by atoms with Gasteiger partial charge in [-0.15, -0.1) is 0 Å². The van der Waals surface area contributed by atoms with E-state index >= 15 is 0 Å². The van der Waals surface area contributed by atoms with Crippen LogP contribution >= 0.6 is 0 Å². The molecule has 1 aromatic heterocycles. The van der Waals surface area contributed by atoms with Crippen LogP contribution in [0.4, 0.5) is 5.82 Å². The van der Waals surface area contributed by atoms with E-state index in [0.717, 1.165) is 12.8 Å². The molecule has 0 saturated carbocycles. The van der Waals surface area contributed by atoms with Gasteiger partial charge in [-0.05, 0) is 19.8 Å². The van der Waals surface area contributed by atoms with E-state index in [1.54, 1.807) is 13.0 Å². The largest absolute Gasteiger partial charge is 0.382 e. The van der Waals surface area contributed by atoms with Crippen molar-refractivity contribution in [2.24, 2.45) is 0 Å². The Balaban J connectivity index is 2.48. The maximum atomic E-state index is 12.0. The number of hydrogen-bond acceptors (Lipinski definition) is 4. The van der Waals surface area contributed by atoms with Gasteiger partial charge in [-0.3, -0.25) is 5.10 Å². The van der Waals surface area contributed by atoms with Gasteiger partial charge in [-0.2, -0.15) is 5.10 Å². The lowest BCUT2D eigenvalue weighted by molar-refractivity contribution is 0.468. The number of nitrogens with two attached hydrogens (primary N) is 1.